The molecule has 0 aromatic heterocycles. The third-order valence-corrected chi connectivity index (χ3v) is 16.5. The first-order chi connectivity index (χ1) is 38.2. The van der Waals surface area contributed by atoms with E-state index in [0.29, 0.717) is 19.3 Å². The number of ether oxygens (including phenoxy) is 2. The second kappa shape index (κ2) is 56.1. The Labute approximate surface area is 480 Å². The topological polar surface area (TPSA) is 189 Å². The van der Waals surface area contributed by atoms with Crippen LogP contribution in [0.15, 0.2) is 24.3 Å². The van der Waals surface area contributed by atoms with Crippen LogP contribution >= 0.6 is 0 Å². The zero-order valence-corrected chi connectivity index (χ0v) is 50.9. The van der Waals surface area contributed by atoms with Crippen LogP contribution in [0.25, 0.3) is 0 Å². The van der Waals surface area contributed by atoms with Gasteiger partial charge in [-0.2, -0.15) is 0 Å². The van der Waals surface area contributed by atoms with Crippen molar-refractivity contribution in [3.63, 3.8) is 0 Å². The van der Waals surface area contributed by atoms with Gasteiger partial charge in [-0.3, -0.25) is 4.79 Å². The van der Waals surface area contributed by atoms with Crippen LogP contribution < -0.4 is 5.32 Å². The van der Waals surface area contributed by atoms with Crippen molar-refractivity contribution in [1.29, 1.82) is 0 Å². The fourth-order valence-corrected chi connectivity index (χ4v) is 11.1. The lowest BCUT2D eigenvalue weighted by molar-refractivity contribution is -0.303. The average molecular weight is 1110 g/mol. The molecule has 0 aromatic rings. The molecule has 0 radical (unpaired) electrons. The minimum atomic E-state index is -1.66. The Morgan fingerprint density at radius 2 is 0.782 bits per heavy atom. The first-order valence-electron chi connectivity index (χ1n) is 33.7. The highest BCUT2D eigenvalue weighted by atomic mass is 16.7. The van der Waals surface area contributed by atoms with Gasteiger partial charge in [0.05, 0.1) is 25.4 Å². The molecule has 1 amide bonds. The lowest BCUT2D eigenvalue weighted by atomic mass is 9.98. The van der Waals surface area contributed by atoms with Crippen LogP contribution in [0, 0.1) is 0 Å². The third-order valence-electron chi connectivity index (χ3n) is 16.5. The standard InChI is InChI=1S/C67H129NO10/c1-3-5-7-9-11-13-15-17-19-21-23-25-27-28-29-30-31-33-35-37-39-41-43-45-47-49-51-53-55-60(71)66(76)68-58(57-77-67-65(75)64(74)63(73)61(56-69)78-67)62(72)59(70)54-52-50-48-46-44-42-40-38-36-34-32-26-24-22-20-18-16-14-12-10-8-6-4-2/h23,25,28-29,58-65,67,69-75H,3-22,24,26-27,30-57H2,1-2H3,(H,68,76)/b25-23-,29-28-. The Hall–Kier alpha value is -1.41. The molecular weight excluding hydrogens is 979 g/mol. The number of rotatable bonds is 59. The van der Waals surface area contributed by atoms with Crippen molar-refractivity contribution in [3.8, 4) is 0 Å². The SMILES string of the molecule is CCCCCCCCCCC/C=C\C/C=C\CCCCCCCCCCCCCCC(O)C(=O)NC(COC1OC(CO)C(O)C(O)C1O)C(O)C(O)CCCCCCCCCCCCCCCCCCCCCCCCC. The second-order valence-corrected chi connectivity index (χ2v) is 23.9. The summed E-state index contributed by atoms with van der Waals surface area (Å²) < 4.78 is 11.2. The number of carbonyl (C=O) groups is 1. The van der Waals surface area contributed by atoms with Gasteiger partial charge in [-0.25, -0.2) is 0 Å². The number of hydrogen-bond acceptors (Lipinski definition) is 10. The predicted octanol–water partition coefficient (Wildman–Crippen LogP) is 15.6. The molecule has 1 saturated heterocycles. The zero-order chi connectivity index (χ0) is 56.8. The Bertz CT molecular complexity index is 1320. The third kappa shape index (κ3) is 43.3. The summed E-state index contributed by atoms with van der Waals surface area (Å²) in [6, 6.07) is -1.17. The van der Waals surface area contributed by atoms with Gasteiger partial charge < -0.3 is 50.5 Å². The van der Waals surface area contributed by atoms with Crippen LogP contribution in [0.3, 0.4) is 0 Å². The van der Waals surface area contributed by atoms with E-state index < -0.39 is 74.2 Å². The van der Waals surface area contributed by atoms with Crippen molar-refractivity contribution in [2.75, 3.05) is 13.2 Å². The van der Waals surface area contributed by atoms with Crippen molar-refractivity contribution in [2.24, 2.45) is 0 Å². The number of nitrogens with one attached hydrogen (secondary N) is 1. The van der Waals surface area contributed by atoms with E-state index in [1.165, 1.54) is 244 Å². The average Bonchev–Trinajstić information content (AvgIpc) is 3.46. The molecular formula is C67H129NO10. The molecule has 0 saturated carbocycles. The number of hydrogen-bond donors (Lipinski definition) is 8. The normalized spacial score (nSPS) is 19.5. The van der Waals surface area contributed by atoms with Gasteiger partial charge in [0.2, 0.25) is 5.91 Å². The fraction of sp³-hybridized carbons (Fsp3) is 0.925. The predicted molar refractivity (Wildman–Crippen MR) is 326 cm³/mol. The number of unbranched alkanes of at least 4 members (excludes halogenated alkanes) is 43. The molecule has 9 unspecified atom stereocenters. The highest BCUT2D eigenvalue weighted by Gasteiger charge is 2.44. The minimum absolute atomic E-state index is 0.260. The van der Waals surface area contributed by atoms with E-state index in [4.69, 9.17) is 9.47 Å². The first kappa shape index (κ1) is 74.6. The summed E-state index contributed by atoms with van der Waals surface area (Å²) in [6.45, 7) is 3.51. The van der Waals surface area contributed by atoms with Crippen molar-refractivity contribution in [2.45, 2.75) is 384 Å². The summed E-state index contributed by atoms with van der Waals surface area (Å²) in [6.07, 6.45) is 58.1. The summed E-state index contributed by atoms with van der Waals surface area (Å²) >= 11 is 0. The van der Waals surface area contributed by atoms with Gasteiger partial charge in [0.25, 0.3) is 0 Å². The zero-order valence-electron chi connectivity index (χ0n) is 50.9. The van der Waals surface area contributed by atoms with Crippen molar-refractivity contribution in [3.05, 3.63) is 24.3 Å². The van der Waals surface area contributed by atoms with E-state index in [1.54, 1.807) is 0 Å². The Morgan fingerprint density at radius 1 is 0.449 bits per heavy atom. The highest BCUT2D eigenvalue weighted by molar-refractivity contribution is 5.80. The van der Waals surface area contributed by atoms with E-state index in [0.717, 1.165) is 44.9 Å². The maximum atomic E-state index is 13.2. The van der Waals surface area contributed by atoms with Gasteiger partial charge in [0.1, 0.15) is 36.6 Å². The van der Waals surface area contributed by atoms with E-state index in [9.17, 15) is 40.5 Å². The molecule has 462 valence electrons. The van der Waals surface area contributed by atoms with Crippen LogP contribution in [-0.4, -0.2) is 110 Å². The largest absolute Gasteiger partial charge is 0.394 e. The second-order valence-electron chi connectivity index (χ2n) is 23.9. The van der Waals surface area contributed by atoms with Gasteiger partial charge in [-0.1, -0.05) is 308 Å². The van der Waals surface area contributed by atoms with E-state index in [2.05, 4.69) is 43.5 Å². The van der Waals surface area contributed by atoms with E-state index in [1.807, 2.05) is 0 Å². The highest BCUT2D eigenvalue weighted by Crippen LogP contribution is 2.24. The summed E-state index contributed by atoms with van der Waals surface area (Å²) in [5.74, 6) is -0.692. The lowest BCUT2D eigenvalue weighted by Gasteiger charge is -2.40. The fourth-order valence-electron chi connectivity index (χ4n) is 11.1. The molecule has 9 atom stereocenters. The summed E-state index contributed by atoms with van der Waals surface area (Å²) in [5.41, 5.74) is 0. The van der Waals surface area contributed by atoms with Gasteiger partial charge in [0, 0.05) is 0 Å². The monoisotopic (exact) mass is 1110 g/mol. The number of aliphatic hydroxyl groups excluding tert-OH is 7. The van der Waals surface area contributed by atoms with Gasteiger partial charge in [-0.15, -0.1) is 0 Å². The van der Waals surface area contributed by atoms with E-state index >= 15 is 0 Å². The van der Waals surface area contributed by atoms with Crippen molar-refractivity contribution < 1.29 is 50.0 Å². The van der Waals surface area contributed by atoms with Crippen LogP contribution in [0.1, 0.15) is 328 Å². The van der Waals surface area contributed by atoms with E-state index in [-0.39, 0.29) is 6.42 Å². The van der Waals surface area contributed by atoms with Crippen molar-refractivity contribution in [1.82, 2.24) is 5.32 Å². The molecule has 0 spiro atoms. The summed E-state index contributed by atoms with van der Waals surface area (Å²) in [4.78, 5) is 13.2. The lowest BCUT2D eigenvalue weighted by Crippen LogP contribution is -2.60. The molecule has 11 heteroatoms. The molecule has 11 nitrogen and oxygen atoms in total. The minimum Gasteiger partial charge on any atom is -0.394 e. The Balaban J connectivity index is 2.23. The molecule has 1 aliphatic rings. The molecule has 78 heavy (non-hydrogen) atoms. The molecule has 1 aliphatic heterocycles. The van der Waals surface area contributed by atoms with Gasteiger partial charge >= 0.3 is 0 Å². The van der Waals surface area contributed by atoms with Crippen LogP contribution in [0.2, 0.25) is 0 Å². The van der Waals surface area contributed by atoms with Crippen molar-refractivity contribution >= 4 is 5.91 Å². The maximum absolute atomic E-state index is 13.2. The Morgan fingerprint density at radius 3 is 1.14 bits per heavy atom. The van der Waals surface area contributed by atoms with Crippen LogP contribution in [0.4, 0.5) is 0 Å². The van der Waals surface area contributed by atoms with Crippen LogP contribution in [0.5, 0.6) is 0 Å². The molecule has 1 rings (SSSR count). The maximum Gasteiger partial charge on any atom is 0.249 e. The number of allylic oxidation sites excluding steroid dienone is 4. The summed E-state index contributed by atoms with van der Waals surface area (Å²) in [7, 11) is 0. The smallest absolute Gasteiger partial charge is 0.249 e. The quantitative estimate of drug-likeness (QED) is 0.0215. The first-order valence-corrected chi connectivity index (χ1v) is 33.7. The summed E-state index contributed by atoms with van der Waals surface area (Å²) in [5, 5.41) is 76.5. The molecule has 0 aliphatic carbocycles. The number of carbonyl (C=O) groups excluding carboxylic acids is 1. The van der Waals surface area contributed by atoms with Gasteiger partial charge in [0.15, 0.2) is 6.29 Å². The molecule has 1 heterocycles. The molecule has 8 N–H and O–H groups in total. The molecule has 0 aromatic carbocycles. The van der Waals surface area contributed by atoms with Crippen LogP contribution in [-0.2, 0) is 14.3 Å². The number of aliphatic hydroxyl groups is 7. The number of amides is 1. The Kier molecular flexibility index (Phi) is 53.6. The van der Waals surface area contributed by atoms with Gasteiger partial charge in [-0.05, 0) is 44.9 Å². The molecule has 0 bridgehead atoms. The molecule has 1 fully saturated rings.